The summed E-state index contributed by atoms with van der Waals surface area (Å²) in [5.41, 5.74) is 14.5. The minimum atomic E-state index is 0.567. The van der Waals surface area contributed by atoms with Gasteiger partial charge in [0.2, 0.25) is 11.9 Å². The highest BCUT2D eigenvalue weighted by Gasteiger charge is 2.20. The number of hydrogen-bond donors (Lipinski definition) is 0. The van der Waals surface area contributed by atoms with Crippen molar-refractivity contribution in [3.63, 3.8) is 0 Å². The van der Waals surface area contributed by atoms with Crippen LogP contribution in [0.2, 0.25) is 0 Å². The standard InChI is InChI=1S/C57H37N5/c1-2-13-38(14-3-1)39-25-29-42(30-26-39)45-15-12-16-46(37-45)43-31-27-40(28-32-43)41-33-35-44(36-34-41)55-58-56(61-51-21-8-4-17-47(51)48-18-5-9-22-52(48)61)60-57(59-55)62-53-23-10-6-19-49(53)50-20-7-11-24-54(50)62/h1-37H. The van der Waals surface area contributed by atoms with E-state index in [9.17, 15) is 0 Å². The van der Waals surface area contributed by atoms with Gasteiger partial charge in [-0.3, -0.25) is 9.13 Å². The molecule has 12 aromatic rings. The van der Waals surface area contributed by atoms with Crippen molar-refractivity contribution in [2.24, 2.45) is 0 Å². The second-order valence-electron chi connectivity index (χ2n) is 15.7. The van der Waals surface area contributed by atoms with Crippen molar-refractivity contribution in [3.8, 4) is 67.8 Å². The Labute approximate surface area is 358 Å². The van der Waals surface area contributed by atoms with E-state index in [-0.39, 0.29) is 0 Å². The molecular weight excluding hydrogens is 755 g/mol. The maximum atomic E-state index is 5.28. The molecule has 9 aromatic carbocycles. The quantitative estimate of drug-likeness (QED) is 0.162. The molecule has 0 aliphatic carbocycles. The molecule has 62 heavy (non-hydrogen) atoms. The maximum absolute atomic E-state index is 5.28. The first kappa shape index (κ1) is 35.5. The van der Waals surface area contributed by atoms with Crippen molar-refractivity contribution >= 4 is 43.6 Å². The minimum Gasteiger partial charge on any atom is -0.278 e. The van der Waals surface area contributed by atoms with Gasteiger partial charge in [-0.15, -0.1) is 0 Å². The smallest absolute Gasteiger partial charge is 0.240 e. The molecule has 5 heteroatoms. The van der Waals surface area contributed by atoms with Gasteiger partial charge < -0.3 is 0 Å². The Bertz CT molecular complexity index is 3360. The van der Waals surface area contributed by atoms with E-state index in [0.29, 0.717) is 17.7 Å². The Balaban J connectivity index is 0.910. The molecule has 0 N–H and O–H groups in total. The molecule has 290 valence electrons. The molecule has 0 saturated carbocycles. The summed E-state index contributed by atoms with van der Waals surface area (Å²) in [6.45, 7) is 0. The third-order valence-electron chi connectivity index (χ3n) is 12.1. The molecule has 0 amide bonds. The number of hydrogen-bond acceptors (Lipinski definition) is 3. The zero-order chi connectivity index (χ0) is 41.0. The Morgan fingerprint density at radius 1 is 0.226 bits per heavy atom. The Morgan fingerprint density at radius 2 is 0.516 bits per heavy atom. The fraction of sp³-hybridized carbons (Fsp3) is 0. The van der Waals surface area contributed by atoms with Crippen molar-refractivity contribution in [2.75, 3.05) is 0 Å². The summed E-state index contributed by atoms with van der Waals surface area (Å²) in [5.74, 6) is 1.74. The van der Waals surface area contributed by atoms with E-state index >= 15 is 0 Å². The summed E-state index contributed by atoms with van der Waals surface area (Å²) in [5, 5.41) is 4.61. The van der Waals surface area contributed by atoms with Gasteiger partial charge in [0.05, 0.1) is 22.1 Å². The first-order valence-electron chi connectivity index (χ1n) is 20.9. The van der Waals surface area contributed by atoms with Crippen LogP contribution in [0.15, 0.2) is 224 Å². The van der Waals surface area contributed by atoms with E-state index in [1.165, 1.54) is 33.4 Å². The van der Waals surface area contributed by atoms with Crippen molar-refractivity contribution in [1.29, 1.82) is 0 Å². The molecule has 0 fully saturated rings. The van der Waals surface area contributed by atoms with E-state index in [1.807, 2.05) is 0 Å². The number of para-hydroxylation sites is 4. The van der Waals surface area contributed by atoms with Crippen LogP contribution < -0.4 is 0 Å². The first-order chi connectivity index (χ1) is 30.7. The van der Waals surface area contributed by atoms with Crippen molar-refractivity contribution in [1.82, 2.24) is 24.1 Å². The maximum Gasteiger partial charge on any atom is 0.240 e. The number of nitrogens with zero attached hydrogens (tertiary/aromatic N) is 5. The molecule has 0 radical (unpaired) electrons. The molecule has 5 nitrogen and oxygen atoms in total. The van der Waals surface area contributed by atoms with Gasteiger partial charge in [0.1, 0.15) is 0 Å². The monoisotopic (exact) mass is 791 g/mol. The number of aromatic nitrogens is 5. The molecule has 0 bridgehead atoms. The van der Waals surface area contributed by atoms with Crippen LogP contribution in [-0.2, 0) is 0 Å². The van der Waals surface area contributed by atoms with Crippen molar-refractivity contribution in [3.05, 3.63) is 224 Å². The average molecular weight is 792 g/mol. The lowest BCUT2D eigenvalue weighted by atomic mass is 9.96. The lowest BCUT2D eigenvalue weighted by molar-refractivity contribution is 0.893. The fourth-order valence-corrected chi connectivity index (χ4v) is 8.99. The highest BCUT2D eigenvalue weighted by Crippen LogP contribution is 2.35. The Hall–Kier alpha value is -8.41. The topological polar surface area (TPSA) is 48.5 Å². The molecule has 3 heterocycles. The molecule has 0 aliphatic rings. The van der Waals surface area contributed by atoms with E-state index in [0.717, 1.165) is 60.3 Å². The zero-order valence-corrected chi connectivity index (χ0v) is 33.6. The van der Waals surface area contributed by atoms with E-state index < -0.39 is 0 Å². The zero-order valence-electron chi connectivity index (χ0n) is 33.6. The predicted molar refractivity (Wildman–Crippen MR) is 256 cm³/mol. The minimum absolute atomic E-state index is 0.567. The second-order valence-corrected chi connectivity index (χ2v) is 15.7. The summed E-state index contributed by atoms with van der Waals surface area (Å²) in [7, 11) is 0. The van der Waals surface area contributed by atoms with Gasteiger partial charge >= 0.3 is 0 Å². The van der Waals surface area contributed by atoms with Crippen LogP contribution in [-0.4, -0.2) is 24.1 Å². The van der Waals surface area contributed by atoms with Crippen LogP contribution in [0, 0.1) is 0 Å². The van der Waals surface area contributed by atoms with Crippen LogP contribution in [0.5, 0.6) is 0 Å². The number of fused-ring (bicyclic) bond motifs is 6. The van der Waals surface area contributed by atoms with Crippen molar-refractivity contribution < 1.29 is 0 Å². The summed E-state index contributed by atoms with van der Waals surface area (Å²) in [6.07, 6.45) is 0. The summed E-state index contributed by atoms with van der Waals surface area (Å²) in [4.78, 5) is 15.8. The number of benzene rings is 9. The number of rotatable bonds is 7. The first-order valence-corrected chi connectivity index (χ1v) is 20.9. The molecule has 12 rings (SSSR count). The van der Waals surface area contributed by atoms with Crippen LogP contribution in [0.4, 0.5) is 0 Å². The van der Waals surface area contributed by atoms with Crippen molar-refractivity contribution in [2.45, 2.75) is 0 Å². The van der Waals surface area contributed by atoms with Crippen LogP contribution in [0.1, 0.15) is 0 Å². The fourth-order valence-electron chi connectivity index (χ4n) is 8.99. The molecule has 0 spiro atoms. The normalized spacial score (nSPS) is 11.5. The predicted octanol–water partition coefficient (Wildman–Crippen LogP) is 14.4. The molecule has 0 aliphatic heterocycles. The van der Waals surface area contributed by atoms with Gasteiger partial charge in [-0.05, 0) is 74.8 Å². The summed E-state index contributed by atoms with van der Waals surface area (Å²) in [6, 6.07) is 79.4. The van der Waals surface area contributed by atoms with E-state index in [4.69, 9.17) is 15.0 Å². The largest absolute Gasteiger partial charge is 0.278 e. The summed E-state index contributed by atoms with van der Waals surface area (Å²) >= 11 is 0. The molecule has 3 aromatic heterocycles. The second kappa shape index (κ2) is 14.7. The SMILES string of the molecule is c1ccc(-c2ccc(-c3cccc(-c4ccc(-c5ccc(-c6nc(-n7c8ccccc8c8ccccc87)nc(-n7c8ccccc8c8ccccc87)n6)cc5)cc4)c3)cc2)cc1. The Morgan fingerprint density at radius 3 is 0.903 bits per heavy atom. The van der Waals surface area contributed by atoms with Crippen LogP contribution >= 0.6 is 0 Å². The highest BCUT2D eigenvalue weighted by atomic mass is 15.3. The lowest BCUT2D eigenvalue weighted by Crippen LogP contribution is -2.10. The van der Waals surface area contributed by atoms with Gasteiger partial charge in [0.15, 0.2) is 5.82 Å². The van der Waals surface area contributed by atoms with Gasteiger partial charge in [0.25, 0.3) is 0 Å². The van der Waals surface area contributed by atoms with Gasteiger partial charge in [0, 0.05) is 27.1 Å². The Kier molecular flexibility index (Phi) is 8.42. The van der Waals surface area contributed by atoms with Crippen LogP contribution in [0.3, 0.4) is 0 Å². The summed E-state index contributed by atoms with van der Waals surface area (Å²) < 4.78 is 4.33. The lowest BCUT2D eigenvalue weighted by Gasteiger charge is -2.13. The van der Waals surface area contributed by atoms with E-state index in [1.54, 1.807) is 0 Å². The van der Waals surface area contributed by atoms with Gasteiger partial charge in [-0.25, -0.2) is 0 Å². The molecule has 0 saturated heterocycles. The highest BCUT2D eigenvalue weighted by molar-refractivity contribution is 6.10. The van der Waals surface area contributed by atoms with E-state index in [2.05, 4.69) is 234 Å². The van der Waals surface area contributed by atoms with Gasteiger partial charge in [-0.1, -0.05) is 194 Å². The van der Waals surface area contributed by atoms with Gasteiger partial charge in [-0.2, -0.15) is 15.0 Å². The molecule has 0 unspecified atom stereocenters. The molecule has 0 atom stereocenters. The van der Waals surface area contributed by atoms with Crippen LogP contribution in [0.25, 0.3) is 111 Å². The average Bonchev–Trinajstić information content (AvgIpc) is 3.88. The third-order valence-corrected chi connectivity index (χ3v) is 12.1. The third kappa shape index (κ3) is 6.06. The molecular formula is C57H37N5.